The van der Waals surface area contributed by atoms with Crippen LogP contribution >= 0.6 is 0 Å². The van der Waals surface area contributed by atoms with Crippen molar-refractivity contribution in [2.24, 2.45) is 7.05 Å². The van der Waals surface area contributed by atoms with Crippen LogP contribution in [0.25, 0.3) is 0 Å². The first-order valence-electron chi connectivity index (χ1n) is 7.04. The van der Waals surface area contributed by atoms with Gasteiger partial charge in [0.15, 0.2) is 11.5 Å². The SMILES string of the molecule is COc1ccc(CCNC(=O)c2cn(C)nc2C)cc1OC. The van der Waals surface area contributed by atoms with Crippen molar-refractivity contribution >= 4 is 5.91 Å². The molecule has 0 saturated carbocycles. The van der Waals surface area contributed by atoms with Crippen LogP contribution in [0.3, 0.4) is 0 Å². The molecule has 0 unspecified atom stereocenters. The number of carbonyl (C=O) groups is 1. The van der Waals surface area contributed by atoms with Crippen LogP contribution in [0.4, 0.5) is 0 Å². The highest BCUT2D eigenvalue weighted by Gasteiger charge is 2.12. The zero-order chi connectivity index (χ0) is 16.1. The Balaban J connectivity index is 1.93. The van der Waals surface area contributed by atoms with Gasteiger partial charge in [0, 0.05) is 19.8 Å². The molecule has 1 heterocycles. The Labute approximate surface area is 130 Å². The summed E-state index contributed by atoms with van der Waals surface area (Å²) in [6, 6.07) is 5.74. The van der Waals surface area contributed by atoms with E-state index in [0.29, 0.717) is 30.0 Å². The van der Waals surface area contributed by atoms with Crippen LogP contribution in [-0.2, 0) is 13.5 Å². The third-order valence-electron chi connectivity index (χ3n) is 3.41. The molecule has 0 aliphatic heterocycles. The Morgan fingerprint density at radius 2 is 2.00 bits per heavy atom. The zero-order valence-electron chi connectivity index (χ0n) is 13.3. The second kappa shape index (κ2) is 6.98. The fraction of sp³-hybridized carbons (Fsp3) is 0.375. The van der Waals surface area contributed by atoms with Gasteiger partial charge in [0.05, 0.1) is 25.5 Å². The molecule has 1 aromatic carbocycles. The van der Waals surface area contributed by atoms with Crippen molar-refractivity contribution in [3.63, 3.8) is 0 Å². The predicted molar refractivity (Wildman–Crippen MR) is 83.5 cm³/mol. The molecular formula is C16H21N3O3. The van der Waals surface area contributed by atoms with Gasteiger partial charge in [-0.15, -0.1) is 0 Å². The van der Waals surface area contributed by atoms with Gasteiger partial charge in [-0.25, -0.2) is 0 Å². The zero-order valence-corrected chi connectivity index (χ0v) is 13.3. The summed E-state index contributed by atoms with van der Waals surface area (Å²) in [4.78, 5) is 12.1. The lowest BCUT2D eigenvalue weighted by atomic mass is 10.1. The highest BCUT2D eigenvalue weighted by atomic mass is 16.5. The molecule has 2 rings (SSSR count). The molecule has 0 radical (unpaired) electrons. The lowest BCUT2D eigenvalue weighted by molar-refractivity contribution is 0.0953. The number of hydrogen-bond acceptors (Lipinski definition) is 4. The number of aromatic nitrogens is 2. The lowest BCUT2D eigenvalue weighted by Crippen LogP contribution is -2.26. The summed E-state index contributed by atoms with van der Waals surface area (Å²) in [5.41, 5.74) is 2.40. The van der Waals surface area contributed by atoms with E-state index in [4.69, 9.17) is 9.47 Å². The number of carbonyl (C=O) groups excluding carboxylic acids is 1. The maximum absolute atomic E-state index is 12.1. The Kier molecular flexibility index (Phi) is 5.04. The van der Waals surface area contributed by atoms with E-state index in [-0.39, 0.29) is 5.91 Å². The van der Waals surface area contributed by atoms with Crippen molar-refractivity contribution in [2.45, 2.75) is 13.3 Å². The largest absolute Gasteiger partial charge is 0.493 e. The summed E-state index contributed by atoms with van der Waals surface area (Å²) in [6.45, 7) is 2.37. The highest BCUT2D eigenvalue weighted by Crippen LogP contribution is 2.27. The van der Waals surface area contributed by atoms with E-state index in [1.54, 1.807) is 32.1 Å². The smallest absolute Gasteiger partial charge is 0.254 e. The number of aryl methyl sites for hydroxylation is 2. The predicted octanol–water partition coefficient (Wildman–Crippen LogP) is 1.72. The molecule has 0 atom stereocenters. The number of amides is 1. The molecule has 6 nitrogen and oxygen atoms in total. The quantitative estimate of drug-likeness (QED) is 0.882. The summed E-state index contributed by atoms with van der Waals surface area (Å²) in [7, 11) is 5.01. The number of benzene rings is 1. The van der Waals surface area contributed by atoms with Gasteiger partial charge in [0.25, 0.3) is 5.91 Å². The molecule has 6 heteroatoms. The average molecular weight is 303 g/mol. The van der Waals surface area contributed by atoms with Crippen LogP contribution < -0.4 is 14.8 Å². The first-order valence-corrected chi connectivity index (χ1v) is 7.04. The summed E-state index contributed by atoms with van der Waals surface area (Å²) in [6.07, 6.45) is 2.44. The third-order valence-corrected chi connectivity index (χ3v) is 3.41. The normalized spacial score (nSPS) is 10.4. The first kappa shape index (κ1) is 15.9. The molecule has 2 aromatic rings. The second-order valence-electron chi connectivity index (χ2n) is 5.00. The van der Waals surface area contributed by atoms with Gasteiger partial charge in [-0.1, -0.05) is 6.07 Å². The molecule has 22 heavy (non-hydrogen) atoms. The van der Waals surface area contributed by atoms with E-state index in [1.165, 1.54) is 0 Å². The van der Waals surface area contributed by atoms with Crippen LogP contribution in [0.1, 0.15) is 21.6 Å². The molecular weight excluding hydrogens is 282 g/mol. The number of nitrogens with one attached hydrogen (secondary N) is 1. The molecule has 1 aromatic heterocycles. The maximum atomic E-state index is 12.1. The molecule has 1 N–H and O–H groups in total. The van der Waals surface area contributed by atoms with Crippen LogP contribution in [0.15, 0.2) is 24.4 Å². The minimum atomic E-state index is -0.105. The Hall–Kier alpha value is -2.50. The molecule has 0 saturated heterocycles. The summed E-state index contributed by atoms with van der Waals surface area (Å²) < 4.78 is 12.1. The average Bonchev–Trinajstić information content (AvgIpc) is 2.85. The molecule has 1 amide bonds. The Morgan fingerprint density at radius 3 is 2.59 bits per heavy atom. The number of hydrogen-bond donors (Lipinski definition) is 1. The van der Waals surface area contributed by atoms with Gasteiger partial charge in [-0.2, -0.15) is 5.10 Å². The summed E-state index contributed by atoms with van der Waals surface area (Å²) in [5, 5.41) is 7.07. The Morgan fingerprint density at radius 1 is 1.27 bits per heavy atom. The molecule has 118 valence electrons. The minimum Gasteiger partial charge on any atom is -0.493 e. The van der Waals surface area contributed by atoms with Crippen LogP contribution in [0, 0.1) is 6.92 Å². The van der Waals surface area contributed by atoms with Crippen LogP contribution in [0.2, 0.25) is 0 Å². The van der Waals surface area contributed by atoms with Crippen molar-refractivity contribution in [1.82, 2.24) is 15.1 Å². The van der Waals surface area contributed by atoms with E-state index in [1.807, 2.05) is 25.1 Å². The summed E-state index contributed by atoms with van der Waals surface area (Å²) in [5.74, 6) is 1.28. The fourth-order valence-electron chi connectivity index (χ4n) is 2.27. The molecule has 0 aliphatic carbocycles. The summed E-state index contributed by atoms with van der Waals surface area (Å²) >= 11 is 0. The van der Waals surface area contributed by atoms with Crippen LogP contribution in [-0.4, -0.2) is 36.5 Å². The molecule has 0 fully saturated rings. The highest BCUT2D eigenvalue weighted by molar-refractivity contribution is 5.94. The van der Waals surface area contributed by atoms with Crippen molar-refractivity contribution in [3.05, 3.63) is 41.2 Å². The number of ether oxygens (including phenoxy) is 2. The Bertz CT molecular complexity index is 665. The third kappa shape index (κ3) is 3.58. The van der Waals surface area contributed by atoms with Gasteiger partial charge >= 0.3 is 0 Å². The molecule has 0 bridgehead atoms. The van der Waals surface area contributed by atoms with E-state index >= 15 is 0 Å². The fourth-order valence-corrected chi connectivity index (χ4v) is 2.27. The number of nitrogens with zero attached hydrogens (tertiary/aromatic N) is 2. The number of rotatable bonds is 6. The van der Waals surface area contributed by atoms with Crippen molar-refractivity contribution in [2.75, 3.05) is 20.8 Å². The standard InChI is InChI=1S/C16H21N3O3/c1-11-13(10-19(2)18-11)16(20)17-8-7-12-5-6-14(21-3)15(9-12)22-4/h5-6,9-10H,7-8H2,1-4H3,(H,17,20). The number of methoxy groups -OCH3 is 2. The molecule has 0 aliphatic rings. The van der Waals surface area contributed by atoms with Crippen molar-refractivity contribution in [3.8, 4) is 11.5 Å². The monoisotopic (exact) mass is 303 g/mol. The van der Waals surface area contributed by atoms with E-state index in [2.05, 4.69) is 10.4 Å². The first-order chi connectivity index (χ1) is 10.5. The van der Waals surface area contributed by atoms with E-state index in [9.17, 15) is 4.79 Å². The van der Waals surface area contributed by atoms with Gasteiger partial charge in [-0.05, 0) is 31.0 Å². The van der Waals surface area contributed by atoms with E-state index in [0.717, 1.165) is 11.3 Å². The lowest BCUT2D eigenvalue weighted by Gasteiger charge is -2.10. The maximum Gasteiger partial charge on any atom is 0.254 e. The molecule has 0 spiro atoms. The van der Waals surface area contributed by atoms with Gasteiger partial charge < -0.3 is 14.8 Å². The van der Waals surface area contributed by atoms with Crippen molar-refractivity contribution in [1.29, 1.82) is 0 Å². The van der Waals surface area contributed by atoms with Gasteiger partial charge in [0.2, 0.25) is 0 Å². The van der Waals surface area contributed by atoms with Gasteiger partial charge in [-0.3, -0.25) is 9.48 Å². The minimum absolute atomic E-state index is 0.105. The van der Waals surface area contributed by atoms with E-state index < -0.39 is 0 Å². The van der Waals surface area contributed by atoms with Crippen LogP contribution in [0.5, 0.6) is 11.5 Å². The van der Waals surface area contributed by atoms with Gasteiger partial charge in [0.1, 0.15) is 0 Å². The van der Waals surface area contributed by atoms with Crippen molar-refractivity contribution < 1.29 is 14.3 Å². The second-order valence-corrected chi connectivity index (χ2v) is 5.00. The topological polar surface area (TPSA) is 65.4 Å².